The lowest BCUT2D eigenvalue weighted by Crippen LogP contribution is -2.27. The van der Waals surface area contributed by atoms with Crippen molar-refractivity contribution in [2.45, 2.75) is 31.6 Å². The van der Waals surface area contributed by atoms with E-state index in [1.807, 2.05) is 18.2 Å². The van der Waals surface area contributed by atoms with Gasteiger partial charge in [-0.15, -0.1) is 0 Å². The Balaban J connectivity index is 1.71. The fourth-order valence-corrected chi connectivity index (χ4v) is 4.01. The highest BCUT2D eigenvalue weighted by atomic mass is 16.1. The first-order valence-corrected chi connectivity index (χ1v) is 7.54. The van der Waals surface area contributed by atoms with E-state index in [-0.39, 0.29) is 5.92 Å². The molecule has 0 heterocycles. The molecule has 2 aromatic carbocycles. The smallest absolute Gasteiger partial charge is 0.166 e. The second-order valence-electron chi connectivity index (χ2n) is 6.01. The average Bonchev–Trinajstić information content (AvgIpc) is 2.92. The monoisotopic (exact) mass is 262 g/mol. The highest BCUT2D eigenvalue weighted by Gasteiger charge is 2.36. The van der Waals surface area contributed by atoms with E-state index in [2.05, 4.69) is 30.3 Å². The van der Waals surface area contributed by atoms with Crippen LogP contribution in [0.1, 0.15) is 45.8 Å². The zero-order chi connectivity index (χ0) is 13.5. The van der Waals surface area contributed by atoms with Crippen molar-refractivity contribution in [1.82, 2.24) is 0 Å². The summed E-state index contributed by atoms with van der Waals surface area (Å²) in [4.78, 5) is 12.8. The lowest BCUT2D eigenvalue weighted by molar-refractivity contribution is 0.0879. The Bertz CT molecular complexity index is 671. The van der Waals surface area contributed by atoms with Gasteiger partial charge in [0.1, 0.15) is 0 Å². The first-order valence-electron chi connectivity index (χ1n) is 7.54. The molecule has 0 fully saturated rings. The van der Waals surface area contributed by atoms with Crippen molar-refractivity contribution in [1.29, 1.82) is 0 Å². The van der Waals surface area contributed by atoms with Gasteiger partial charge in [0.15, 0.2) is 5.78 Å². The third kappa shape index (κ3) is 1.73. The summed E-state index contributed by atoms with van der Waals surface area (Å²) in [7, 11) is 0. The van der Waals surface area contributed by atoms with Crippen LogP contribution in [0.2, 0.25) is 0 Å². The van der Waals surface area contributed by atoms with Crippen molar-refractivity contribution in [3.63, 3.8) is 0 Å². The molecule has 0 spiro atoms. The van der Waals surface area contributed by atoms with E-state index in [0.29, 0.717) is 11.7 Å². The van der Waals surface area contributed by atoms with Gasteiger partial charge in [-0.3, -0.25) is 4.79 Å². The molecule has 1 nitrogen and oxygen atoms in total. The first kappa shape index (κ1) is 11.9. The molecule has 4 rings (SSSR count). The van der Waals surface area contributed by atoms with Gasteiger partial charge >= 0.3 is 0 Å². The van der Waals surface area contributed by atoms with Crippen LogP contribution in [0.4, 0.5) is 0 Å². The van der Waals surface area contributed by atoms with E-state index in [9.17, 15) is 4.79 Å². The molecule has 0 N–H and O–H groups in total. The third-order valence-corrected chi connectivity index (χ3v) is 5.01. The number of hydrogen-bond donors (Lipinski definition) is 0. The second-order valence-corrected chi connectivity index (χ2v) is 6.01. The molecule has 0 radical (unpaired) electrons. The van der Waals surface area contributed by atoms with Gasteiger partial charge in [0.05, 0.1) is 0 Å². The van der Waals surface area contributed by atoms with Gasteiger partial charge in [-0.2, -0.15) is 0 Å². The Morgan fingerprint density at radius 2 is 1.40 bits per heavy atom. The van der Waals surface area contributed by atoms with Gasteiger partial charge in [-0.05, 0) is 48.3 Å². The van der Waals surface area contributed by atoms with E-state index in [1.165, 1.54) is 16.7 Å². The van der Waals surface area contributed by atoms with Gasteiger partial charge in [-0.25, -0.2) is 0 Å². The number of carbonyl (C=O) groups excluding carboxylic acids is 1. The molecule has 0 saturated carbocycles. The van der Waals surface area contributed by atoms with Crippen LogP contribution in [0.25, 0.3) is 0 Å². The molecular weight excluding hydrogens is 244 g/mol. The number of benzene rings is 2. The van der Waals surface area contributed by atoms with E-state index in [4.69, 9.17) is 0 Å². The summed E-state index contributed by atoms with van der Waals surface area (Å²) in [6.45, 7) is 0. The van der Waals surface area contributed by atoms with Crippen molar-refractivity contribution >= 4 is 5.78 Å². The molecule has 0 bridgehead atoms. The topological polar surface area (TPSA) is 17.1 Å². The van der Waals surface area contributed by atoms with Crippen LogP contribution in [0, 0.1) is 5.92 Å². The molecular formula is C19H18O. The number of fused-ring (bicyclic) bond motifs is 2. The SMILES string of the molecule is O=C1c2ccccc2CCC1C1CCc2ccccc21. The summed E-state index contributed by atoms with van der Waals surface area (Å²) in [5.41, 5.74) is 5.07. The van der Waals surface area contributed by atoms with Crippen LogP contribution in [0.15, 0.2) is 48.5 Å². The molecule has 0 amide bonds. The zero-order valence-electron chi connectivity index (χ0n) is 11.5. The van der Waals surface area contributed by atoms with Crippen molar-refractivity contribution in [3.8, 4) is 0 Å². The summed E-state index contributed by atoms with van der Waals surface area (Å²) in [5, 5.41) is 0. The summed E-state index contributed by atoms with van der Waals surface area (Å²) in [6.07, 6.45) is 4.32. The van der Waals surface area contributed by atoms with E-state index < -0.39 is 0 Å². The predicted molar refractivity (Wildman–Crippen MR) is 80.1 cm³/mol. The third-order valence-electron chi connectivity index (χ3n) is 5.01. The Morgan fingerprint density at radius 1 is 0.750 bits per heavy atom. The van der Waals surface area contributed by atoms with Crippen molar-refractivity contribution < 1.29 is 4.79 Å². The molecule has 100 valence electrons. The minimum Gasteiger partial charge on any atom is -0.294 e. The van der Waals surface area contributed by atoms with Crippen molar-refractivity contribution in [2.75, 3.05) is 0 Å². The van der Waals surface area contributed by atoms with Gasteiger partial charge in [0.2, 0.25) is 0 Å². The Kier molecular flexibility index (Phi) is 2.73. The Morgan fingerprint density at radius 3 is 2.30 bits per heavy atom. The lowest BCUT2D eigenvalue weighted by atomic mass is 9.74. The van der Waals surface area contributed by atoms with Crippen LogP contribution in [-0.4, -0.2) is 5.78 Å². The molecule has 0 aromatic heterocycles. The van der Waals surface area contributed by atoms with Gasteiger partial charge in [-0.1, -0.05) is 48.5 Å². The van der Waals surface area contributed by atoms with Crippen LogP contribution >= 0.6 is 0 Å². The van der Waals surface area contributed by atoms with Gasteiger partial charge in [0, 0.05) is 11.5 Å². The molecule has 20 heavy (non-hydrogen) atoms. The van der Waals surface area contributed by atoms with E-state index in [1.54, 1.807) is 0 Å². The highest BCUT2D eigenvalue weighted by molar-refractivity contribution is 6.00. The number of aryl methyl sites for hydroxylation is 2. The minimum absolute atomic E-state index is 0.188. The van der Waals surface area contributed by atoms with Gasteiger partial charge < -0.3 is 0 Å². The van der Waals surface area contributed by atoms with Crippen LogP contribution in [0.5, 0.6) is 0 Å². The summed E-state index contributed by atoms with van der Waals surface area (Å²) < 4.78 is 0. The van der Waals surface area contributed by atoms with Crippen LogP contribution in [-0.2, 0) is 12.8 Å². The molecule has 2 atom stereocenters. The number of Topliss-reactive ketones (excluding diaryl/α,β-unsaturated/α-hetero) is 1. The maximum atomic E-state index is 12.8. The summed E-state index contributed by atoms with van der Waals surface area (Å²) in [5.74, 6) is 0.995. The molecule has 0 saturated heterocycles. The predicted octanol–water partition coefficient (Wildman–Crippen LogP) is 4.16. The Labute approximate surface area is 119 Å². The summed E-state index contributed by atoms with van der Waals surface area (Å²) in [6, 6.07) is 16.8. The maximum Gasteiger partial charge on any atom is 0.166 e. The molecule has 2 aliphatic carbocycles. The molecule has 1 heteroatoms. The normalized spacial score (nSPS) is 24.3. The number of rotatable bonds is 1. The molecule has 2 aromatic rings. The van der Waals surface area contributed by atoms with Crippen LogP contribution in [0.3, 0.4) is 0 Å². The maximum absolute atomic E-state index is 12.8. The lowest BCUT2D eigenvalue weighted by Gasteiger charge is -2.28. The Hall–Kier alpha value is -1.89. The van der Waals surface area contributed by atoms with Gasteiger partial charge in [0.25, 0.3) is 0 Å². The largest absolute Gasteiger partial charge is 0.294 e. The first-order chi connectivity index (χ1) is 9.84. The highest BCUT2D eigenvalue weighted by Crippen LogP contribution is 2.43. The number of ketones is 1. The fraction of sp³-hybridized carbons (Fsp3) is 0.316. The second kappa shape index (κ2) is 4.59. The molecule has 0 aliphatic heterocycles. The van der Waals surface area contributed by atoms with E-state index in [0.717, 1.165) is 31.2 Å². The standard InChI is InChI=1S/C19H18O/c20-19-16-8-4-2-6-14(16)10-12-18(19)17-11-9-13-5-1-3-7-15(13)17/h1-8,17-18H,9-12H2. The molecule has 2 aliphatic rings. The van der Waals surface area contributed by atoms with Crippen LogP contribution < -0.4 is 0 Å². The quantitative estimate of drug-likeness (QED) is 0.754. The molecule has 2 unspecified atom stereocenters. The number of hydrogen-bond acceptors (Lipinski definition) is 1. The fourth-order valence-electron chi connectivity index (χ4n) is 4.01. The van der Waals surface area contributed by atoms with Crippen molar-refractivity contribution in [2.24, 2.45) is 5.92 Å². The average molecular weight is 262 g/mol. The van der Waals surface area contributed by atoms with E-state index >= 15 is 0 Å². The summed E-state index contributed by atoms with van der Waals surface area (Å²) >= 11 is 0. The zero-order valence-corrected chi connectivity index (χ0v) is 11.5. The minimum atomic E-state index is 0.188. The number of carbonyl (C=O) groups is 1. The van der Waals surface area contributed by atoms with Crippen molar-refractivity contribution in [3.05, 3.63) is 70.8 Å².